The van der Waals surface area contributed by atoms with Crippen molar-refractivity contribution in [3.63, 3.8) is 0 Å². The second-order valence-corrected chi connectivity index (χ2v) is 9.71. The van der Waals surface area contributed by atoms with Crippen molar-refractivity contribution in [1.82, 2.24) is 9.66 Å². The van der Waals surface area contributed by atoms with Crippen LogP contribution in [0.25, 0.3) is 10.9 Å². The zero-order chi connectivity index (χ0) is 25.8. The van der Waals surface area contributed by atoms with Gasteiger partial charge in [-0.3, -0.25) is 9.59 Å². The van der Waals surface area contributed by atoms with Crippen molar-refractivity contribution in [2.24, 2.45) is 5.10 Å². The Bertz CT molecular complexity index is 1540. The summed E-state index contributed by atoms with van der Waals surface area (Å²) in [5.74, 6) is -0.345. The molecule has 11 heteroatoms. The molecule has 1 heterocycles. The van der Waals surface area contributed by atoms with Crippen LogP contribution in [0.5, 0.6) is 5.75 Å². The third-order valence-electron chi connectivity index (χ3n) is 5.03. The minimum Gasteiger partial charge on any atom is -0.481 e. The fourth-order valence-electron chi connectivity index (χ4n) is 3.35. The van der Waals surface area contributed by atoms with Crippen LogP contribution in [0.4, 0.5) is 10.1 Å². The largest absolute Gasteiger partial charge is 0.481 e. The number of rotatable bonds is 7. The number of amides is 1. The number of carbonyl (C=O) groups is 1. The molecule has 0 saturated heterocycles. The van der Waals surface area contributed by atoms with Gasteiger partial charge in [0.2, 0.25) is 0 Å². The van der Waals surface area contributed by atoms with Gasteiger partial charge in [-0.15, -0.1) is 0 Å². The van der Waals surface area contributed by atoms with E-state index in [2.05, 4.69) is 47.3 Å². The lowest BCUT2D eigenvalue weighted by molar-refractivity contribution is -0.118. The molecule has 7 nitrogen and oxygen atoms in total. The number of hydrogen-bond donors (Lipinski definition) is 1. The predicted octanol–water partition coefficient (Wildman–Crippen LogP) is 6.18. The molecule has 4 rings (SSSR count). The van der Waals surface area contributed by atoms with Crippen molar-refractivity contribution < 1.29 is 13.9 Å². The molecule has 1 N–H and O–H groups in total. The summed E-state index contributed by atoms with van der Waals surface area (Å²) >= 11 is 13.1. The molecule has 0 radical (unpaired) electrons. The van der Waals surface area contributed by atoms with Crippen molar-refractivity contribution in [2.45, 2.75) is 13.3 Å². The monoisotopic (exact) mass is 634 g/mol. The number of fused-ring (bicyclic) bond motifs is 1. The van der Waals surface area contributed by atoms with Crippen LogP contribution in [0.15, 0.2) is 73.4 Å². The number of aryl methyl sites for hydroxylation is 1. The van der Waals surface area contributed by atoms with E-state index in [-0.39, 0.29) is 28.6 Å². The molecule has 0 atom stereocenters. The summed E-state index contributed by atoms with van der Waals surface area (Å²) in [6.07, 6.45) is 1.99. The average Bonchev–Trinajstić information content (AvgIpc) is 2.84. The van der Waals surface area contributed by atoms with Crippen LogP contribution in [0.3, 0.4) is 0 Å². The van der Waals surface area contributed by atoms with Gasteiger partial charge in [0, 0.05) is 10.9 Å². The molecule has 0 spiro atoms. The Hall–Kier alpha value is -3.08. The second kappa shape index (κ2) is 11.3. The molecule has 3 aromatic carbocycles. The number of ether oxygens (including phenoxy) is 1. The Kier molecular flexibility index (Phi) is 8.17. The number of benzene rings is 3. The van der Waals surface area contributed by atoms with E-state index in [1.165, 1.54) is 29.1 Å². The predicted molar refractivity (Wildman–Crippen MR) is 146 cm³/mol. The molecule has 0 bridgehead atoms. The van der Waals surface area contributed by atoms with Gasteiger partial charge >= 0.3 is 0 Å². The molecule has 36 heavy (non-hydrogen) atoms. The number of halogens is 4. The van der Waals surface area contributed by atoms with Crippen molar-refractivity contribution >= 4 is 72.2 Å². The zero-order valence-electron chi connectivity index (χ0n) is 18.8. The standard InChI is InChI=1S/C25H18Br2ClFN4O3/c1-2-22-31-20-8-7-15(26)11-16(20)25(35)33(22)30-12-14-9-17(27)24(18(28)10-14)36-13-23(34)32-21-6-4-3-5-19(21)29/h3-12H,2,13H2,1H3,(H,32,34). The number of nitrogens with one attached hydrogen (secondary N) is 1. The van der Waals surface area contributed by atoms with E-state index in [0.717, 1.165) is 4.47 Å². The third kappa shape index (κ3) is 5.83. The van der Waals surface area contributed by atoms with Crippen molar-refractivity contribution in [1.29, 1.82) is 0 Å². The molecule has 1 amide bonds. The highest BCUT2D eigenvalue weighted by atomic mass is 79.9. The van der Waals surface area contributed by atoms with E-state index in [1.54, 1.807) is 30.3 Å². The Morgan fingerprint density at radius 2 is 2.00 bits per heavy atom. The maximum atomic E-state index is 13.7. The van der Waals surface area contributed by atoms with Crippen molar-refractivity contribution in [3.05, 3.63) is 96.1 Å². The number of para-hydroxylation sites is 1. The minimum absolute atomic E-state index is 0.0556. The number of aromatic nitrogens is 2. The molecule has 184 valence electrons. The molecule has 4 aromatic rings. The van der Waals surface area contributed by atoms with E-state index in [1.807, 2.05) is 13.0 Å². The van der Waals surface area contributed by atoms with Crippen LogP contribution in [-0.4, -0.2) is 28.4 Å². The Morgan fingerprint density at radius 3 is 2.72 bits per heavy atom. The van der Waals surface area contributed by atoms with Gasteiger partial charge in [-0.05, 0) is 64.0 Å². The molecule has 1 aromatic heterocycles. The van der Waals surface area contributed by atoms with Crippen LogP contribution in [0, 0.1) is 5.82 Å². The first kappa shape index (κ1) is 26.0. The smallest absolute Gasteiger partial charge is 0.282 e. The molecule has 0 aliphatic carbocycles. The minimum atomic E-state index is -0.548. The first-order chi connectivity index (χ1) is 17.3. The van der Waals surface area contributed by atoms with Gasteiger partial charge in [-0.2, -0.15) is 9.78 Å². The maximum Gasteiger partial charge on any atom is 0.282 e. The summed E-state index contributed by atoms with van der Waals surface area (Å²) in [6, 6.07) is 14.4. The molecule has 0 aliphatic rings. The summed E-state index contributed by atoms with van der Waals surface area (Å²) < 4.78 is 21.8. The lowest BCUT2D eigenvalue weighted by atomic mass is 10.2. The number of anilines is 1. The quantitative estimate of drug-likeness (QED) is 0.246. The van der Waals surface area contributed by atoms with Crippen LogP contribution in [-0.2, 0) is 11.2 Å². The number of nitrogens with zero attached hydrogens (tertiary/aromatic N) is 3. The van der Waals surface area contributed by atoms with Crippen LogP contribution in [0.1, 0.15) is 18.3 Å². The zero-order valence-corrected chi connectivity index (χ0v) is 22.7. The highest BCUT2D eigenvalue weighted by Gasteiger charge is 2.14. The average molecular weight is 637 g/mol. The van der Waals surface area contributed by atoms with Gasteiger partial charge in [0.1, 0.15) is 11.6 Å². The van der Waals surface area contributed by atoms with Gasteiger partial charge in [0.25, 0.3) is 11.5 Å². The summed E-state index contributed by atoms with van der Waals surface area (Å²) in [5, 5.41) is 7.45. The Labute approximate surface area is 227 Å². The Balaban J connectivity index is 1.54. The highest BCUT2D eigenvalue weighted by molar-refractivity contribution is 9.10. The molecule has 0 fully saturated rings. The maximum absolute atomic E-state index is 13.7. The second-order valence-electron chi connectivity index (χ2n) is 7.53. The topological polar surface area (TPSA) is 85.6 Å². The van der Waals surface area contributed by atoms with Gasteiger partial charge < -0.3 is 10.1 Å². The van der Waals surface area contributed by atoms with Gasteiger partial charge in [-0.1, -0.05) is 46.6 Å². The third-order valence-corrected chi connectivity index (χ3v) is 6.39. The van der Waals surface area contributed by atoms with E-state index in [9.17, 15) is 14.0 Å². The van der Waals surface area contributed by atoms with E-state index in [4.69, 9.17) is 16.3 Å². The first-order valence-electron chi connectivity index (χ1n) is 10.7. The fraction of sp³-hybridized carbons (Fsp3) is 0.120. The van der Waals surface area contributed by atoms with E-state index < -0.39 is 11.7 Å². The molecular weight excluding hydrogens is 619 g/mol. The molecular formula is C25H18Br2ClFN4O3. The highest BCUT2D eigenvalue weighted by Crippen LogP contribution is 2.34. The van der Waals surface area contributed by atoms with Crippen LogP contribution in [0.2, 0.25) is 5.02 Å². The van der Waals surface area contributed by atoms with Crippen molar-refractivity contribution in [3.8, 4) is 5.75 Å². The normalized spacial score (nSPS) is 11.2. The number of carbonyl (C=O) groups excluding carboxylic acids is 1. The lowest BCUT2D eigenvalue weighted by Gasteiger charge is -2.12. The number of hydrogen-bond acceptors (Lipinski definition) is 5. The van der Waals surface area contributed by atoms with Crippen LogP contribution >= 0.6 is 43.5 Å². The van der Waals surface area contributed by atoms with E-state index in [0.29, 0.717) is 33.2 Å². The Morgan fingerprint density at radius 1 is 1.22 bits per heavy atom. The fourth-order valence-corrected chi connectivity index (χ4v) is 4.70. The first-order valence-corrected chi connectivity index (χ1v) is 12.6. The van der Waals surface area contributed by atoms with E-state index >= 15 is 0 Å². The van der Waals surface area contributed by atoms with Crippen molar-refractivity contribution in [2.75, 3.05) is 11.9 Å². The molecule has 0 unspecified atom stereocenters. The van der Waals surface area contributed by atoms with Gasteiger partial charge in [0.05, 0.1) is 32.3 Å². The van der Waals surface area contributed by atoms with Gasteiger partial charge in [0.15, 0.2) is 12.4 Å². The van der Waals surface area contributed by atoms with Gasteiger partial charge in [-0.25, -0.2) is 9.37 Å². The summed E-state index contributed by atoms with van der Waals surface area (Å²) in [5.41, 5.74) is 0.941. The summed E-state index contributed by atoms with van der Waals surface area (Å²) in [6.45, 7) is 1.51. The molecule has 0 aliphatic heterocycles. The molecule has 0 saturated carbocycles. The lowest BCUT2D eigenvalue weighted by Crippen LogP contribution is -2.22. The van der Waals surface area contributed by atoms with Crippen LogP contribution < -0.4 is 15.6 Å². The SMILES string of the molecule is CCc1nc2ccc(Br)cc2c(=O)n1N=Cc1cc(Cl)c(OCC(=O)Nc2ccccc2F)c(Br)c1. The summed E-state index contributed by atoms with van der Waals surface area (Å²) in [7, 11) is 0. The summed E-state index contributed by atoms with van der Waals surface area (Å²) in [4.78, 5) is 29.8.